The van der Waals surface area contributed by atoms with Gasteiger partial charge in [0.15, 0.2) is 6.29 Å². The molecule has 1 fully saturated rings. The molecule has 8 nitrogen and oxygen atoms in total. The number of carboxylic acids is 1. The monoisotopic (exact) mass is 473 g/mol. The lowest BCUT2D eigenvalue weighted by molar-refractivity contribution is -0.260. The number of benzene rings is 1. The fourth-order valence-electron chi connectivity index (χ4n) is 4.12. The van der Waals surface area contributed by atoms with E-state index in [0.717, 1.165) is 55.8 Å². The number of aliphatic hydroxyl groups is 1. The SMILES string of the molecule is CC1OC(OCCCCCCCCC=CC(=O)O)C(O)CC1OC(=O)c1c[nH]c2ccccc12. The minimum absolute atomic E-state index is 0.260. The van der Waals surface area contributed by atoms with Crippen LogP contribution in [-0.2, 0) is 19.0 Å². The van der Waals surface area contributed by atoms with Crippen molar-refractivity contribution >= 4 is 22.8 Å². The molecule has 186 valence electrons. The standard InChI is InChI=1S/C26H35NO7/c1-18-23(34-25(31)20-17-27-21-13-10-9-12-19(20)21)16-22(28)26(33-18)32-15-11-7-5-3-2-4-6-8-14-24(29)30/h8-10,12-14,17-18,22-23,26-28H,2-7,11,15-16H2,1H3,(H,29,30). The van der Waals surface area contributed by atoms with Gasteiger partial charge < -0.3 is 29.4 Å². The lowest BCUT2D eigenvalue weighted by atomic mass is 10.0. The number of hydrogen-bond donors (Lipinski definition) is 3. The Kier molecular flexibility index (Phi) is 10.1. The molecule has 0 spiro atoms. The number of carbonyl (C=O) groups excluding carboxylic acids is 1. The Balaban J connectivity index is 1.31. The molecule has 0 amide bonds. The number of esters is 1. The molecule has 8 heteroatoms. The molecule has 1 aliphatic heterocycles. The normalized spacial score (nSPS) is 22.9. The highest BCUT2D eigenvalue weighted by atomic mass is 16.7. The van der Waals surface area contributed by atoms with Crippen LogP contribution in [0.15, 0.2) is 42.6 Å². The van der Waals surface area contributed by atoms with Gasteiger partial charge in [0.05, 0.1) is 11.7 Å². The van der Waals surface area contributed by atoms with Gasteiger partial charge in [-0.05, 0) is 32.3 Å². The Labute approximate surface area is 199 Å². The van der Waals surface area contributed by atoms with Gasteiger partial charge >= 0.3 is 11.9 Å². The van der Waals surface area contributed by atoms with Crippen molar-refractivity contribution in [2.45, 2.75) is 82.9 Å². The van der Waals surface area contributed by atoms with Gasteiger partial charge in [0.25, 0.3) is 0 Å². The number of aromatic nitrogens is 1. The second kappa shape index (κ2) is 13.3. The highest BCUT2D eigenvalue weighted by Gasteiger charge is 2.38. The largest absolute Gasteiger partial charge is 0.478 e. The Hall–Kier alpha value is -2.68. The number of fused-ring (bicyclic) bond motifs is 1. The number of aromatic amines is 1. The molecule has 2 heterocycles. The van der Waals surface area contributed by atoms with Crippen LogP contribution in [0.1, 0.15) is 68.6 Å². The van der Waals surface area contributed by atoms with Gasteiger partial charge in [0.1, 0.15) is 12.2 Å². The molecule has 4 unspecified atom stereocenters. The van der Waals surface area contributed by atoms with Crippen LogP contribution in [0, 0.1) is 0 Å². The van der Waals surface area contributed by atoms with Crippen LogP contribution in [-0.4, -0.2) is 58.3 Å². The summed E-state index contributed by atoms with van der Waals surface area (Å²) in [6.07, 6.45) is 9.20. The number of unbranched alkanes of at least 4 members (excludes halogenated alkanes) is 6. The number of para-hydroxylation sites is 1. The quantitative estimate of drug-likeness (QED) is 0.221. The van der Waals surface area contributed by atoms with Gasteiger partial charge in [0.2, 0.25) is 0 Å². The second-order valence-electron chi connectivity index (χ2n) is 8.73. The lowest BCUT2D eigenvalue weighted by Crippen LogP contribution is -2.48. The van der Waals surface area contributed by atoms with Crippen molar-refractivity contribution in [2.24, 2.45) is 0 Å². The molecular weight excluding hydrogens is 438 g/mol. The summed E-state index contributed by atoms with van der Waals surface area (Å²) < 4.78 is 17.2. The third-order valence-electron chi connectivity index (χ3n) is 6.04. The van der Waals surface area contributed by atoms with Gasteiger partial charge in [-0.3, -0.25) is 0 Å². The van der Waals surface area contributed by atoms with Gasteiger partial charge in [-0.1, -0.05) is 50.0 Å². The molecule has 0 saturated carbocycles. The number of ether oxygens (including phenoxy) is 3. The maximum Gasteiger partial charge on any atom is 0.340 e. The van der Waals surface area contributed by atoms with Crippen LogP contribution < -0.4 is 0 Å². The van der Waals surface area contributed by atoms with E-state index in [1.165, 1.54) is 6.08 Å². The van der Waals surface area contributed by atoms with Crippen molar-refractivity contribution in [1.82, 2.24) is 4.98 Å². The summed E-state index contributed by atoms with van der Waals surface area (Å²) in [5.41, 5.74) is 1.33. The van der Waals surface area contributed by atoms with Crippen LogP contribution >= 0.6 is 0 Å². The molecule has 3 rings (SSSR count). The third-order valence-corrected chi connectivity index (χ3v) is 6.04. The Morgan fingerprint density at radius 3 is 2.68 bits per heavy atom. The first-order valence-corrected chi connectivity index (χ1v) is 12.1. The summed E-state index contributed by atoms with van der Waals surface area (Å²) in [6.45, 7) is 2.32. The number of carboxylic acid groups (broad SMARTS) is 1. The number of carbonyl (C=O) groups is 2. The first-order valence-electron chi connectivity index (χ1n) is 12.1. The number of nitrogens with one attached hydrogen (secondary N) is 1. The maximum absolute atomic E-state index is 12.7. The van der Waals surface area contributed by atoms with Gasteiger partial charge in [-0.2, -0.15) is 0 Å². The zero-order valence-corrected chi connectivity index (χ0v) is 19.7. The number of rotatable bonds is 13. The van der Waals surface area contributed by atoms with Crippen LogP contribution in [0.25, 0.3) is 10.9 Å². The summed E-state index contributed by atoms with van der Waals surface area (Å²) in [7, 11) is 0. The van der Waals surface area contributed by atoms with Crippen molar-refractivity contribution in [2.75, 3.05) is 6.61 Å². The Morgan fingerprint density at radius 1 is 1.15 bits per heavy atom. The molecular formula is C26H35NO7. The number of H-pyrrole nitrogens is 1. The summed E-state index contributed by atoms with van der Waals surface area (Å²) in [5.74, 6) is -1.34. The fraction of sp³-hybridized carbons (Fsp3) is 0.538. The van der Waals surface area contributed by atoms with Gasteiger partial charge in [-0.15, -0.1) is 0 Å². The van der Waals surface area contributed by atoms with Gasteiger partial charge in [-0.25, -0.2) is 9.59 Å². The van der Waals surface area contributed by atoms with E-state index in [9.17, 15) is 14.7 Å². The van der Waals surface area contributed by atoms with E-state index in [1.54, 1.807) is 12.3 Å². The summed E-state index contributed by atoms with van der Waals surface area (Å²) >= 11 is 0. The zero-order valence-electron chi connectivity index (χ0n) is 19.7. The summed E-state index contributed by atoms with van der Waals surface area (Å²) in [5, 5.41) is 19.8. The molecule has 2 aromatic rings. The average Bonchev–Trinajstić information content (AvgIpc) is 3.24. The van der Waals surface area contributed by atoms with E-state index < -0.39 is 36.5 Å². The van der Waals surface area contributed by atoms with E-state index in [0.29, 0.717) is 12.2 Å². The molecule has 1 aliphatic rings. The predicted octanol–water partition coefficient (Wildman–Crippen LogP) is 4.58. The molecule has 4 atom stereocenters. The lowest BCUT2D eigenvalue weighted by Gasteiger charge is -2.37. The van der Waals surface area contributed by atoms with Crippen molar-refractivity contribution in [1.29, 1.82) is 0 Å². The van der Waals surface area contributed by atoms with Crippen LogP contribution in [0.3, 0.4) is 0 Å². The third kappa shape index (κ3) is 7.68. The van der Waals surface area contributed by atoms with E-state index in [-0.39, 0.29) is 6.42 Å². The highest BCUT2D eigenvalue weighted by molar-refractivity contribution is 6.04. The first kappa shape index (κ1) is 25.9. The number of aliphatic hydroxyl groups excluding tert-OH is 1. The highest BCUT2D eigenvalue weighted by Crippen LogP contribution is 2.26. The van der Waals surface area contributed by atoms with E-state index in [2.05, 4.69) is 4.98 Å². The minimum Gasteiger partial charge on any atom is -0.478 e. The predicted molar refractivity (Wildman–Crippen MR) is 128 cm³/mol. The molecule has 0 aliphatic carbocycles. The topological polar surface area (TPSA) is 118 Å². The van der Waals surface area contributed by atoms with Gasteiger partial charge in [0, 0.05) is 36.2 Å². The Bertz CT molecular complexity index is 954. The summed E-state index contributed by atoms with van der Waals surface area (Å²) in [6, 6.07) is 7.52. The number of hydrogen-bond acceptors (Lipinski definition) is 6. The van der Waals surface area contributed by atoms with Crippen molar-refractivity contribution in [3.63, 3.8) is 0 Å². The fourth-order valence-corrected chi connectivity index (χ4v) is 4.12. The van der Waals surface area contributed by atoms with Crippen molar-refractivity contribution in [3.8, 4) is 0 Å². The molecule has 3 N–H and O–H groups in total. The molecule has 1 aromatic heterocycles. The molecule has 34 heavy (non-hydrogen) atoms. The van der Waals surface area contributed by atoms with Crippen LogP contribution in [0.4, 0.5) is 0 Å². The number of aliphatic carboxylic acids is 1. The van der Waals surface area contributed by atoms with Crippen molar-refractivity contribution in [3.05, 3.63) is 48.2 Å². The maximum atomic E-state index is 12.7. The van der Waals surface area contributed by atoms with E-state index in [1.807, 2.05) is 31.2 Å². The van der Waals surface area contributed by atoms with Crippen LogP contribution in [0.5, 0.6) is 0 Å². The molecule has 1 saturated heterocycles. The minimum atomic E-state index is -0.900. The average molecular weight is 474 g/mol. The van der Waals surface area contributed by atoms with Crippen molar-refractivity contribution < 1.29 is 34.0 Å². The molecule has 0 bridgehead atoms. The van der Waals surface area contributed by atoms with E-state index >= 15 is 0 Å². The number of allylic oxidation sites excluding steroid dienone is 1. The smallest absolute Gasteiger partial charge is 0.340 e. The zero-order chi connectivity index (χ0) is 24.3. The van der Waals surface area contributed by atoms with E-state index in [4.69, 9.17) is 19.3 Å². The first-order chi connectivity index (χ1) is 16.5. The van der Waals surface area contributed by atoms with Crippen LogP contribution in [0.2, 0.25) is 0 Å². The molecule has 1 aromatic carbocycles. The Morgan fingerprint density at radius 2 is 1.88 bits per heavy atom. The molecule has 0 radical (unpaired) electrons. The summed E-state index contributed by atoms with van der Waals surface area (Å²) in [4.78, 5) is 26.1. The second-order valence-corrected chi connectivity index (χ2v) is 8.73.